The summed E-state index contributed by atoms with van der Waals surface area (Å²) >= 11 is 0. The molecule has 0 spiro atoms. The highest BCUT2D eigenvalue weighted by atomic mass is 16.5. The van der Waals surface area contributed by atoms with Gasteiger partial charge in [-0.15, -0.1) is 0 Å². The van der Waals surface area contributed by atoms with E-state index in [0.717, 1.165) is 19.6 Å². The second-order valence-corrected chi connectivity index (χ2v) is 5.59. The summed E-state index contributed by atoms with van der Waals surface area (Å²) in [5.74, 6) is 0.613. The van der Waals surface area contributed by atoms with Gasteiger partial charge in [0.15, 0.2) is 0 Å². The molecule has 0 aromatic carbocycles. The topological polar surface area (TPSA) is 41.5 Å². The molecule has 18 heavy (non-hydrogen) atoms. The predicted molar refractivity (Wildman–Crippen MR) is 75.8 cm³/mol. The summed E-state index contributed by atoms with van der Waals surface area (Å²) in [4.78, 5) is 0. The van der Waals surface area contributed by atoms with Crippen LogP contribution >= 0.6 is 0 Å². The predicted octanol–water partition coefficient (Wildman–Crippen LogP) is 2.72. The second-order valence-electron chi connectivity index (χ2n) is 5.59. The van der Waals surface area contributed by atoms with Crippen LogP contribution in [-0.4, -0.2) is 37.0 Å². The maximum Gasteiger partial charge on any atom is 0.0679 e. The maximum atomic E-state index is 9.65. The van der Waals surface area contributed by atoms with Gasteiger partial charge in [0.2, 0.25) is 0 Å². The number of nitrogens with one attached hydrogen (secondary N) is 1. The summed E-state index contributed by atoms with van der Waals surface area (Å²) in [5.41, 5.74) is -0.168. The van der Waals surface area contributed by atoms with Crippen LogP contribution in [0.25, 0.3) is 0 Å². The van der Waals surface area contributed by atoms with Gasteiger partial charge in [0, 0.05) is 6.61 Å². The molecule has 1 atom stereocenters. The van der Waals surface area contributed by atoms with E-state index in [1.54, 1.807) is 0 Å². The van der Waals surface area contributed by atoms with Gasteiger partial charge in [0.25, 0.3) is 0 Å². The Kier molecular flexibility index (Phi) is 7.87. The molecule has 3 heteroatoms. The van der Waals surface area contributed by atoms with Crippen molar-refractivity contribution in [2.45, 2.75) is 64.3 Å². The normalized spacial score (nSPS) is 18.8. The monoisotopic (exact) mass is 257 g/mol. The van der Waals surface area contributed by atoms with Crippen molar-refractivity contribution in [3.63, 3.8) is 0 Å². The first-order valence-electron chi connectivity index (χ1n) is 7.72. The zero-order valence-electron chi connectivity index (χ0n) is 12.2. The highest BCUT2D eigenvalue weighted by molar-refractivity contribution is 5.00. The van der Waals surface area contributed by atoms with E-state index in [9.17, 15) is 5.11 Å². The smallest absolute Gasteiger partial charge is 0.0679 e. The fourth-order valence-electron chi connectivity index (χ4n) is 2.59. The Balaban J connectivity index is 2.13. The van der Waals surface area contributed by atoms with Crippen LogP contribution in [0.1, 0.15) is 58.8 Å². The lowest BCUT2D eigenvalue weighted by Crippen LogP contribution is -2.54. The third-order valence-corrected chi connectivity index (χ3v) is 3.92. The molecule has 0 aliphatic heterocycles. The first kappa shape index (κ1) is 15.9. The Morgan fingerprint density at radius 2 is 1.89 bits per heavy atom. The minimum Gasteiger partial charge on any atom is -0.394 e. The van der Waals surface area contributed by atoms with Gasteiger partial charge in [0.1, 0.15) is 0 Å². The molecule has 1 aliphatic rings. The van der Waals surface area contributed by atoms with Crippen LogP contribution in [0.2, 0.25) is 0 Å². The molecule has 1 fully saturated rings. The van der Waals surface area contributed by atoms with E-state index in [0.29, 0.717) is 12.5 Å². The first-order chi connectivity index (χ1) is 8.79. The van der Waals surface area contributed by atoms with Crippen LogP contribution in [0, 0.1) is 5.92 Å². The van der Waals surface area contributed by atoms with E-state index >= 15 is 0 Å². The van der Waals surface area contributed by atoms with Crippen molar-refractivity contribution in [2.75, 3.05) is 26.4 Å². The molecule has 0 amide bonds. The van der Waals surface area contributed by atoms with Crippen LogP contribution in [0.4, 0.5) is 0 Å². The highest BCUT2D eigenvalue weighted by Gasteiger charge is 2.44. The quantitative estimate of drug-likeness (QED) is 0.528. The minimum absolute atomic E-state index is 0.168. The number of hydrogen-bond acceptors (Lipinski definition) is 3. The van der Waals surface area contributed by atoms with Crippen molar-refractivity contribution < 1.29 is 9.84 Å². The summed E-state index contributed by atoms with van der Waals surface area (Å²) in [6, 6.07) is 0. The molecule has 0 aromatic heterocycles. The van der Waals surface area contributed by atoms with Gasteiger partial charge in [-0.3, -0.25) is 0 Å². The molecule has 3 nitrogen and oxygen atoms in total. The zero-order chi connectivity index (χ0) is 13.3. The van der Waals surface area contributed by atoms with Crippen molar-refractivity contribution in [1.29, 1.82) is 0 Å². The van der Waals surface area contributed by atoms with E-state index in [4.69, 9.17) is 4.74 Å². The molecule has 1 unspecified atom stereocenters. The second kappa shape index (κ2) is 8.89. The molecule has 0 heterocycles. The lowest BCUT2D eigenvalue weighted by Gasteiger charge is -2.32. The summed E-state index contributed by atoms with van der Waals surface area (Å²) in [6.45, 7) is 6.92. The molecule has 0 saturated heterocycles. The molecule has 1 rings (SSSR count). The van der Waals surface area contributed by atoms with Crippen LogP contribution in [0.5, 0.6) is 0 Å². The number of aliphatic hydroxyl groups is 1. The van der Waals surface area contributed by atoms with Gasteiger partial charge < -0.3 is 15.2 Å². The van der Waals surface area contributed by atoms with E-state index in [2.05, 4.69) is 19.2 Å². The van der Waals surface area contributed by atoms with Gasteiger partial charge in [-0.1, -0.05) is 39.5 Å². The minimum atomic E-state index is -0.168. The molecular weight excluding hydrogens is 226 g/mol. The summed E-state index contributed by atoms with van der Waals surface area (Å²) in [7, 11) is 0. The summed E-state index contributed by atoms with van der Waals surface area (Å²) in [6.07, 6.45) is 8.82. The molecule has 2 N–H and O–H groups in total. The SMILES string of the molecule is CCCCCCCOCC(CO)(NCC)C1CC1. The van der Waals surface area contributed by atoms with Crippen molar-refractivity contribution in [1.82, 2.24) is 5.32 Å². The first-order valence-corrected chi connectivity index (χ1v) is 7.72. The van der Waals surface area contributed by atoms with E-state index in [-0.39, 0.29) is 12.1 Å². The average Bonchev–Trinajstić information content (AvgIpc) is 3.21. The Bertz CT molecular complexity index is 207. The fourth-order valence-corrected chi connectivity index (χ4v) is 2.59. The molecule has 1 saturated carbocycles. The van der Waals surface area contributed by atoms with Crippen molar-refractivity contribution >= 4 is 0 Å². The van der Waals surface area contributed by atoms with Gasteiger partial charge in [-0.25, -0.2) is 0 Å². The van der Waals surface area contributed by atoms with Crippen LogP contribution in [-0.2, 0) is 4.74 Å². The van der Waals surface area contributed by atoms with Crippen LogP contribution < -0.4 is 5.32 Å². The Morgan fingerprint density at radius 1 is 1.17 bits per heavy atom. The standard InChI is InChI=1S/C15H31NO2/c1-3-5-6-7-8-11-18-13-15(12-17,16-4-2)14-9-10-14/h14,16-17H,3-13H2,1-2H3. The molecule has 0 radical (unpaired) electrons. The van der Waals surface area contributed by atoms with E-state index in [1.807, 2.05) is 0 Å². The lowest BCUT2D eigenvalue weighted by atomic mass is 9.95. The number of hydrogen-bond donors (Lipinski definition) is 2. The Hall–Kier alpha value is -0.120. The fraction of sp³-hybridized carbons (Fsp3) is 1.00. The molecular formula is C15H31NO2. The summed E-state index contributed by atoms with van der Waals surface area (Å²) in [5, 5.41) is 13.1. The number of unbranched alkanes of at least 4 members (excludes halogenated alkanes) is 4. The molecule has 1 aliphatic carbocycles. The number of rotatable bonds is 12. The van der Waals surface area contributed by atoms with Crippen molar-refractivity contribution in [3.8, 4) is 0 Å². The van der Waals surface area contributed by atoms with Gasteiger partial charge in [-0.05, 0) is 31.7 Å². The molecule has 0 aromatic rings. The lowest BCUT2D eigenvalue weighted by molar-refractivity contribution is 0.0232. The highest BCUT2D eigenvalue weighted by Crippen LogP contribution is 2.39. The Labute approximate surface area is 112 Å². The van der Waals surface area contributed by atoms with E-state index in [1.165, 1.54) is 38.5 Å². The molecule has 108 valence electrons. The van der Waals surface area contributed by atoms with Gasteiger partial charge >= 0.3 is 0 Å². The van der Waals surface area contributed by atoms with Crippen LogP contribution in [0.3, 0.4) is 0 Å². The maximum absolute atomic E-state index is 9.65. The summed E-state index contributed by atoms with van der Waals surface area (Å²) < 4.78 is 5.80. The molecule has 0 bridgehead atoms. The number of aliphatic hydroxyl groups excluding tert-OH is 1. The van der Waals surface area contributed by atoms with Crippen LogP contribution in [0.15, 0.2) is 0 Å². The van der Waals surface area contributed by atoms with Gasteiger partial charge in [-0.2, -0.15) is 0 Å². The largest absolute Gasteiger partial charge is 0.394 e. The van der Waals surface area contributed by atoms with Crippen molar-refractivity contribution in [3.05, 3.63) is 0 Å². The van der Waals surface area contributed by atoms with E-state index < -0.39 is 0 Å². The third-order valence-electron chi connectivity index (χ3n) is 3.92. The third kappa shape index (κ3) is 5.25. The zero-order valence-corrected chi connectivity index (χ0v) is 12.2. The average molecular weight is 257 g/mol. The number of ether oxygens (including phenoxy) is 1. The number of likely N-dealkylation sites (N-methyl/N-ethyl adjacent to an activating group) is 1. The van der Waals surface area contributed by atoms with Gasteiger partial charge in [0.05, 0.1) is 18.8 Å². The van der Waals surface area contributed by atoms with Crippen molar-refractivity contribution in [2.24, 2.45) is 5.92 Å². The Morgan fingerprint density at radius 3 is 2.44 bits per heavy atom.